The lowest BCUT2D eigenvalue weighted by molar-refractivity contribution is -0.136. The van der Waals surface area contributed by atoms with Crippen molar-refractivity contribution in [2.24, 2.45) is 0 Å². The van der Waals surface area contributed by atoms with Gasteiger partial charge in [0.15, 0.2) is 0 Å². The monoisotopic (exact) mass is 402 g/mol. The standard InChI is InChI=1S/C18H14N2O5S2/c21-15(19-12-5-3-11(4-6-12)8-16(22)23)10-20-17(24)14(27-18(20)25)9-13-2-1-7-26-13/h1-7,9H,8,10H2,(H,19,21)(H,22,23)/b14-9-. The maximum atomic E-state index is 12.4. The number of nitrogens with one attached hydrogen (secondary N) is 1. The Hall–Kier alpha value is -2.91. The zero-order valence-corrected chi connectivity index (χ0v) is 15.5. The van der Waals surface area contributed by atoms with Crippen molar-refractivity contribution in [1.29, 1.82) is 0 Å². The Bertz CT molecular complexity index is 920. The Kier molecular flexibility index (Phi) is 5.72. The summed E-state index contributed by atoms with van der Waals surface area (Å²) in [6.45, 7) is -0.386. The lowest BCUT2D eigenvalue weighted by Gasteiger charge is -2.12. The predicted molar refractivity (Wildman–Crippen MR) is 103 cm³/mol. The van der Waals surface area contributed by atoms with Gasteiger partial charge < -0.3 is 10.4 Å². The molecule has 3 amide bonds. The Balaban J connectivity index is 1.61. The summed E-state index contributed by atoms with van der Waals surface area (Å²) in [7, 11) is 0. The van der Waals surface area contributed by atoms with Crippen LogP contribution in [-0.4, -0.2) is 39.6 Å². The van der Waals surface area contributed by atoms with Crippen LogP contribution in [0.1, 0.15) is 10.4 Å². The Morgan fingerprint density at radius 2 is 1.89 bits per heavy atom. The number of carbonyl (C=O) groups is 4. The molecule has 7 nitrogen and oxygen atoms in total. The van der Waals surface area contributed by atoms with E-state index in [1.807, 2.05) is 17.5 Å². The largest absolute Gasteiger partial charge is 0.481 e. The molecule has 2 N–H and O–H groups in total. The number of carboxylic acids is 1. The lowest BCUT2D eigenvalue weighted by Crippen LogP contribution is -2.36. The molecule has 1 fully saturated rings. The second kappa shape index (κ2) is 8.19. The SMILES string of the molecule is O=C(O)Cc1ccc(NC(=O)CN2C(=O)S/C(=C\c3cccs3)C2=O)cc1. The van der Waals surface area contributed by atoms with Crippen molar-refractivity contribution in [2.45, 2.75) is 6.42 Å². The van der Waals surface area contributed by atoms with Gasteiger partial charge in [0.1, 0.15) is 6.54 Å². The average Bonchev–Trinajstić information content (AvgIpc) is 3.21. The van der Waals surface area contributed by atoms with Crippen LogP contribution in [0.25, 0.3) is 6.08 Å². The molecule has 2 heterocycles. The van der Waals surface area contributed by atoms with Crippen LogP contribution in [0, 0.1) is 0 Å². The summed E-state index contributed by atoms with van der Waals surface area (Å²) in [4.78, 5) is 49.3. The fourth-order valence-corrected chi connectivity index (χ4v) is 3.92. The van der Waals surface area contributed by atoms with E-state index in [-0.39, 0.29) is 17.9 Å². The number of nitrogens with zero attached hydrogens (tertiary/aromatic N) is 1. The molecule has 0 unspecified atom stereocenters. The van der Waals surface area contributed by atoms with E-state index >= 15 is 0 Å². The van der Waals surface area contributed by atoms with Gasteiger partial charge in [-0.3, -0.25) is 24.1 Å². The van der Waals surface area contributed by atoms with Crippen molar-refractivity contribution in [2.75, 3.05) is 11.9 Å². The Labute approximate surface area is 162 Å². The molecule has 0 radical (unpaired) electrons. The summed E-state index contributed by atoms with van der Waals surface area (Å²) in [5.74, 6) is -1.95. The van der Waals surface area contributed by atoms with Gasteiger partial charge in [-0.15, -0.1) is 11.3 Å². The molecule has 3 rings (SSSR count). The number of thiophene rings is 1. The van der Waals surface area contributed by atoms with Crippen molar-refractivity contribution in [3.8, 4) is 0 Å². The number of aliphatic carboxylic acids is 1. The highest BCUT2D eigenvalue weighted by atomic mass is 32.2. The molecule has 0 atom stereocenters. The number of thioether (sulfide) groups is 1. The molecule has 1 aliphatic rings. The molecule has 1 saturated heterocycles. The van der Waals surface area contributed by atoms with E-state index in [1.165, 1.54) is 11.3 Å². The van der Waals surface area contributed by atoms with Crippen molar-refractivity contribution in [1.82, 2.24) is 4.90 Å². The number of rotatable bonds is 6. The van der Waals surface area contributed by atoms with Gasteiger partial charge in [-0.2, -0.15) is 0 Å². The molecular formula is C18H14N2O5S2. The molecule has 0 bridgehead atoms. The van der Waals surface area contributed by atoms with Crippen molar-refractivity contribution in [3.05, 3.63) is 57.1 Å². The molecule has 0 spiro atoms. The van der Waals surface area contributed by atoms with Gasteiger partial charge in [0, 0.05) is 10.6 Å². The van der Waals surface area contributed by atoms with Crippen molar-refractivity contribution < 1.29 is 24.3 Å². The Morgan fingerprint density at radius 3 is 2.52 bits per heavy atom. The molecule has 0 aliphatic carbocycles. The minimum atomic E-state index is -0.943. The number of hydrogen-bond donors (Lipinski definition) is 2. The first-order valence-electron chi connectivity index (χ1n) is 7.82. The average molecular weight is 402 g/mol. The topological polar surface area (TPSA) is 104 Å². The molecule has 27 heavy (non-hydrogen) atoms. The smallest absolute Gasteiger partial charge is 0.307 e. The van der Waals surface area contributed by atoms with Crippen LogP contribution in [0.3, 0.4) is 0 Å². The molecule has 9 heteroatoms. The first kappa shape index (κ1) is 18.9. The van der Waals surface area contributed by atoms with Gasteiger partial charge >= 0.3 is 5.97 Å². The summed E-state index contributed by atoms with van der Waals surface area (Å²) in [5, 5.41) is 12.7. The summed E-state index contributed by atoms with van der Waals surface area (Å²) >= 11 is 2.25. The third kappa shape index (κ3) is 4.83. The fraction of sp³-hybridized carbons (Fsp3) is 0.111. The number of carbonyl (C=O) groups excluding carboxylic acids is 3. The van der Waals surface area contributed by atoms with Gasteiger partial charge in [0.25, 0.3) is 11.1 Å². The van der Waals surface area contributed by atoms with E-state index in [1.54, 1.807) is 30.3 Å². The van der Waals surface area contributed by atoms with Crippen LogP contribution in [0.5, 0.6) is 0 Å². The van der Waals surface area contributed by atoms with Gasteiger partial charge in [-0.1, -0.05) is 18.2 Å². The third-order valence-electron chi connectivity index (χ3n) is 3.58. The second-order valence-corrected chi connectivity index (χ2v) is 7.57. The zero-order chi connectivity index (χ0) is 19.4. The molecule has 138 valence electrons. The maximum absolute atomic E-state index is 12.4. The van der Waals surface area contributed by atoms with E-state index in [2.05, 4.69) is 5.32 Å². The number of hydrogen-bond acceptors (Lipinski definition) is 6. The molecule has 1 aromatic heterocycles. The maximum Gasteiger partial charge on any atom is 0.307 e. The van der Waals surface area contributed by atoms with Gasteiger partial charge in [0.05, 0.1) is 11.3 Å². The Morgan fingerprint density at radius 1 is 1.15 bits per heavy atom. The minimum absolute atomic E-state index is 0.110. The number of benzene rings is 1. The van der Waals surface area contributed by atoms with Gasteiger partial charge in [-0.05, 0) is 47.0 Å². The van der Waals surface area contributed by atoms with E-state index in [9.17, 15) is 19.2 Å². The summed E-state index contributed by atoms with van der Waals surface area (Å²) in [6, 6.07) is 10.00. The van der Waals surface area contributed by atoms with E-state index < -0.39 is 23.0 Å². The van der Waals surface area contributed by atoms with Crippen molar-refractivity contribution >= 4 is 57.9 Å². The van der Waals surface area contributed by atoms with Crippen LogP contribution in [0.4, 0.5) is 10.5 Å². The highest BCUT2D eigenvalue weighted by Gasteiger charge is 2.36. The third-order valence-corrected chi connectivity index (χ3v) is 5.31. The van der Waals surface area contributed by atoms with Crippen LogP contribution < -0.4 is 5.32 Å². The quantitative estimate of drug-likeness (QED) is 0.720. The van der Waals surface area contributed by atoms with Crippen LogP contribution in [0.2, 0.25) is 0 Å². The molecule has 2 aromatic rings. The molecule has 1 aromatic carbocycles. The second-order valence-electron chi connectivity index (χ2n) is 5.60. The highest BCUT2D eigenvalue weighted by Crippen LogP contribution is 2.32. The van der Waals surface area contributed by atoms with Crippen molar-refractivity contribution in [3.63, 3.8) is 0 Å². The molecule has 1 aliphatic heterocycles. The minimum Gasteiger partial charge on any atom is -0.481 e. The van der Waals surface area contributed by atoms with E-state index in [0.29, 0.717) is 11.3 Å². The fourth-order valence-electron chi connectivity index (χ4n) is 2.36. The summed E-state index contributed by atoms with van der Waals surface area (Å²) in [6.07, 6.45) is 1.52. The van der Waals surface area contributed by atoms with Gasteiger partial charge in [0.2, 0.25) is 5.91 Å². The number of imide groups is 1. The predicted octanol–water partition coefficient (Wildman–Crippen LogP) is 3.05. The molecule has 0 saturated carbocycles. The summed E-state index contributed by atoms with van der Waals surface area (Å²) in [5.41, 5.74) is 1.06. The van der Waals surface area contributed by atoms with Crippen LogP contribution in [0.15, 0.2) is 46.7 Å². The lowest BCUT2D eigenvalue weighted by atomic mass is 10.1. The first-order valence-corrected chi connectivity index (χ1v) is 9.51. The van der Waals surface area contributed by atoms with Crippen LogP contribution in [-0.2, 0) is 20.8 Å². The number of carboxylic acid groups (broad SMARTS) is 1. The zero-order valence-electron chi connectivity index (χ0n) is 13.9. The van der Waals surface area contributed by atoms with Gasteiger partial charge in [-0.25, -0.2) is 0 Å². The van der Waals surface area contributed by atoms with E-state index in [4.69, 9.17) is 5.11 Å². The molecular weight excluding hydrogens is 388 g/mol. The number of amides is 3. The highest BCUT2D eigenvalue weighted by molar-refractivity contribution is 8.18. The normalized spacial score (nSPS) is 15.4. The van der Waals surface area contributed by atoms with Crippen LogP contribution >= 0.6 is 23.1 Å². The van der Waals surface area contributed by atoms with E-state index in [0.717, 1.165) is 21.5 Å². The first-order chi connectivity index (χ1) is 12.9. The number of anilines is 1. The summed E-state index contributed by atoms with van der Waals surface area (Å²) < 4.78 is 0.